The summed E-state index contributed by atoms with van der Waals surface area (Å²) in [4.78, 5) is 0. The van der Waals surface area contributed by atoms with Crippen LogP contribution in [0, 0.1) is 0 Å². The highest BCUT2D eigenvalue weighted by Gasteiger charge is 2.12. The van der Waals surface area contributed by atoms with Crippen LogP contribution in [0.15, 0.2) is 6.20 Å². The topological polar surface area (TPSA) is 101 Å². The Labute approximate surface area is 82.9 Å². The SMILES string of the molecule is CCCCS(=O)(=O)Nc1[nH]ncc1N. The van der Waals surface area contributed by atoms with Crippen LogP contribution in [-0.4, -0.2) is 24.4 Å². The Balaban J connectivity index is 2.64. The van der Waals surface area contributed by atoms with Crippen LogP contribution in [0.3, 0.4) is 0 Å². The van der Waals surface area contributed by atoms with Gasteiger partial charge in [-0.1, -0.05) is 13.3 Å². The van der Waals surface area contributed by atoms with E-state index in [9.17, 15) is 8.42 Å². The molecule has 0 unspecified atom stereocenters. The normalized spacial score (nSPS) is 11.5. The summed E-state index contributed by atoms with van der Waals surface area (Å²) in [5.41, 5.74) is 5.75. The Kier molecular flexibility index (Phi) is 3.34. The second kappa shape index (κ2) is 4.32. The number of aromatic amines is 1. The van der Waals surface area contributed by atoms with Crippen LogP contribution >= 0.6 is 0 Å². The monoisotopic (exact) mass is 218 g/mol. The van der Waals surface area contributed by atoms with Crippen LogP contribution in [-0.2, 0) is 10.0 Å². The largest absolute Gasteiger partial charge is 0.394 e. The molecule has 1 heterocycles. The van der Waals surface area contributed by atoms with Gasteiger partial charge in [-0.2, -0.15) is 5.10 Å². The molecule has 0 spiro atoms. The first-order valence-electron chi connectivity index (χ1n) is 4.34. The Morgan fingerprint density at radius 3 is 2.86 bits per heavy atom. The van der Waals surface area contributed by atoms with Crippen molar-refractivity contribution in [1.29, 1.82) is 0 Å². The van der Waals surface area contributed by atoms with Crippen LogP contribution in [0.5, 0.6) is 0 Å². The van der Waals surface area contributed by atoms with Crippen LogP contribution in [0.25, 0.3) is 0 Å². The predicted molar refractivity (Wildman–Crippen MR) is 55.3 cm³/mol. The minimum Gasteiger partial charge on any atom is -0.394 e. The Morgan fingerprint density at radius 1 is 1.64 bits per heavy atom. The van der Waals surface area contributed by atoms with Crippen molar-refractivity contribution in [2.75, 3.05) is 16.2 Å². The van der Waals surface area contributed by atoms with Crippen molar-refractivity contribution in [1.82, 2.24) is 10.2 Å². The first-order chi connectivity index (χ1) is 6.55. The molecule has 80 valence electrons. The number of nitrogens with two attached hydrogens (primary N) is 1. The second-order valence-corrected chi connectivity index (χ2v) is 4.82. The number of rotatable bonds is 5. The van der Waals surface area contributed by atoms with E-state index in [1.54, 1.807) is 0 Å². The lowest BCUT2D eigenvalue weighted by molar-refractivity contribution is 0.597. The maximum absolute atomic E-state index is 11.4. The molecule has 7 heteroatoms. The van der Waals surface area contributed by atoms with Gasteiger partial charge in [0.1, 0.15) is 0 Å². The molecule has 0 aliphatic heterocycles. The number of anilines is 2. The molecule has 0 radical (unpaired) electrons. The van der Waals surface area contributed by atoms with Crippen molar-refractivity contribution >= 4 is 21.5 Å². The maximum Gasteiger partial charge on any atom is 0.233 e. The van der Waals surface area contributed by atoms with E-state index in [0.717, 1.165) is 6.42 Å². The van der Waals surface area contributed by atoms with E-state index >= 15 is 0 Å². The molecule has 0 amide bonds. The smallest absolute Gasteiger partial charge is 0.233 e. The molecule has 1 rings (SSSR count). The summed E-state index contributed by atoms with van der Waals surface area (Å²) in [6.07, 6.45) is 2.82. The Bertz CT molecular complexity index is 384. The molecule has 4 N–H and O–H groups in total. The van der Waals surface area contributed by atoms with Gasteiger partial charge in [0.2, 0.25) is 10.0 Å². The summed E-state index contributed by atoms with van der Waals surface area (Å²) in [7, 11) is -3.29. The van der Waals surface area contributed by atoms with E-state index in [2.05, 4.69) is 14.9 Å². The molecule has 0 aliphatic carbocycles. The van der Waals surface area contributed by atoms with E-state index in [1.165, 1.54) is 6.20 Å². The summed E-state index contributed by atoms with van der Waals surface area (Å²) in [5, 5.41) is 6.08. The van der Waals surface area contributed by atoms with Crippen LogP contribution < -0.4 is 10.5 Å². The number of aromatic nitrogens is 2. The Morgan fingerprint density at radius 2 is 2.36 bits per heavy atom. The average molecular weight is 218 g/mol. The van der Waals surface area contributed by atoms with Gasteiger partial charge in [0.05, 0.1) is 17.6 Å². The molecule has 1 aromatic rings. The molecule has 0 saturated heterocycles. The molecule has 6 nitrogen and oxygen atoms in total. The van der Waals surface area contributed by atoms with Gasteiger partial charge in [0.25, 0.3) is 0 Å². The standard InChI is InChI=1S/C7H14N4O2S/c1-2-3-4-14(12,13)11-7-6(8)5-9-10-7/h5H,2-4,8H2,1H3,(H2,9,10,11). The van der Waals surface area contributed by atoms with Gasteiger partial charge in [0.15, 0.2) is 5.82 Å². The van der Waals surface area contributed by atoms with E-state index < -0.39 is 10.0 Å². The van der Waals surface area contributed by atoms with Gasteiger partial charge >= 0.3 is 0 Å². The molecular formula is C7H14N4O2S. The predicted octanol–water partition coefficient (Wildman–Crippen LogP) is 0.534. The molecular weight excluding hydrogens is 204 g/mol. The highest BCUT2D eigenvalue weighted by molar-refractivity contribution is 7.92. The third kappa shape index (κ3) is 2.91. The van der Waals surface area contributed by atoms with Gasteiger partial charge < -0.3 is 5.73 Å². The van der Waals surface area contributed by atoms with E-state index in [1.807, 2.05) is 6.92 Å². The highest BCUT2D eigenvalue weighted by atomic mass is 32.2. The van der Waals surface area contributed by atoms with Crippen LogP contribution in [0.2, 0.25) is 0 Å². The first-order valence-corrected chi connectivity index (χ1v) is 5.99. The van der Waals surface area contributed by atoms with Crippen molar-refractivity contribution in [2.45, 2.75) is 19.8 Å². The molecule has 0 saturated carbocycles. The van der Waals surface area contributed by atoms with Crippen LogP contribution in [0.4, 0.5) is 11.5 Å². The zero-order valence-electron chi connectivity index (χ0n) is 7.95. The lowest BCUT2D eigenvalue weighted by atomic mass is 10.4. The number of nitrogen functional groups attached to an aromatic ring is 1. The van der Waals surface area contributed by atoms with Crippen molar-refractivity contribution in [3.05, 3.63) is 6.20 Å². The average Bonchev–Trinajstić information content (AvgIpc) is 2.48. The summed E-state index contributed by atoms with van der Waals surface area (Å²) in [6.45, 7) is 1.93. The lowest BCUT2D eigenvalue weighted by Crippen LogP contribution is -2.17. The number of nitrogens with zero attached hydrogens (tertiary/aromatic N) is 1. The fourth-order valence-electron chi connectivity index (χ4n) is 0.918. The summed E-state index contributed by atoms with van der Waals surface area (Å²) >= 11 is 0. The lowest BCUT2D eigenvalue weighted by Gasteiger charge is -2.05. The molecule has 1 aromatic heterocycles. The molecule has 0 aromatic carbocycles. The number of nitrogens with one attached hydrogen (secondary N) is 2. The Hall–Kier alpha value is -1.24. The molecule has 0 atom stereocenters. The zero-order chi connectivity index (χ0) is 10.6. The maximum atomic E-state index is 11.4. The number of hydrogen-bond donors (Lipinski definition) is 3. The summed E-state index contributed by atoms with van der Waals surface area (Å²) in [6, 6.07) is 0. The molecule has 0 fully saturated rings. The molecule has 14 heavy (non-hydrogen) atoms. The first kappa shape index (κ1) is 10.8. The molecule has 0 bridgehead atoms. The number of H-pyrrole nitrogens is 1. The van der Waals surface area contributed by atoms with Crippen molar-refractivity contribution in [2.24, 2.45) is 0 Å². The second-order valence-electron chi connectivity index (χ2n) is 2.97. The van der Waals surface area contributed by atoms with Gasteiger partial charge in [-0.15, -0.1) is 0 Å². The minimum absolute atomic E-state index is 0.0992. The van der Waals surface area contributed by atoms with Crippen molar-refractivity contribution < 1.29 is 8.42 Å². The third-order valence-corrected chi connectivity index (χ3v) is 3.03. The minimum atomic E-state index is -3.29. The van der Waals surface area contributed by atoms with Crippen LogP contribution in [0.1, 0.15) is 19.8 Å². The number of unbranched alkanes of at least 4 members (excludes halogenated alkanes) is 1. The zero-order valence-corrected chi connectivity index (χ0v) is 8.76. The number of sulfonamides is 1. The summed E-state index contributed by atoms with van der Waals surface area (Å²) < 4.78 is 25.1. The quantitative estimate of drug-likeness (QED) is 0.671. The van der Waals surface area contributed by atoms with Gasteiger partial charge in [-0.05, 0) is 6.42 Å². The third-order valence-electron chi connectivity index (χ3n) is 1.69. The number of hydrogen-bond acceptors (Lipinski definition) is 4. The van der Waals surface area contributed by atoms with Crippen molar-refractivity contribution in [3.63, 3.8) is 0 Å². The fraction of sp³-hybridized carbons (Fsp3) is 0.571. The summed E-state index contributed by atoms with van der Waals surface area (Å²) in [5.74, 6) is 0.336. The van der Waals surface area contributed by atoms with E-state index in [-0.39, 0.29) is 11.6 Å². The van der Waals surface area contributed by atoms with E-state index in [0.29, 0.717) is 12.1 Å². The highest BCUT2D eigenvalue weighted by Crippen LogP contribution is 2.14. The fourth-order valence-corrected chi connectivity index (χ4v) is 2.16. The van der Waals surface area contributed by atoms with Gasteiger partial charge in [-0.3, -0.25) is 9.82 Å². The molecule has 0 aliphatic rings. The van der Waals surface area contributed by atoms with E-state index in [4.69, 9.17) is 5.73 Å². The van der Waals surface area contributed by atoms with Gasteiger partial charge in [-0.25, -0.2) is 8.42 Å². The van der Waals surface area contributed by atoms with Gasteiger partial charge in [0, 0.05) is 0 Å². The van der Waals surface area contributed by atoms with Crippen molar-refractivity contribution in [3.8, 4) is 0 Å².